The minimum absolute atomic E-state index is 0.00477. The third-order valence-corrected chi connectivity index (χ3v) is 4.73. The highest BCUT2D eigenvalue weighted by atomic mass is 16.5. The summed E-state index contributed by atoms with van der Waals surface area (Å²) >= 11 is 0. The van der Waals surface area contributed by atoms with Gasteiger partial charge in [0.25, 0.3) is 0 Å². The lowest BCUT2D eigenvalue weighted by Crippen LogP contribution is -2.57. The number of likely N-dealkylation sites (tertiary alicyclic amines) is 1. The van der Waals surface area contributed by atoms with Gasteiger partial charge in [-0.1, -0.05) is 0 Å². The van der Waals surface area contributed by atoms with Gasteiger partial charge in [0.2, 0.25) is 11.8 Å². The number of rotatable bonds is 4. The normalized spacial score (nSPS) is 32.8. The number of aliphatic hydroxyl groups is 1. The summed E-state index contributed by atoms with van der Waals surface area (Å²) in [5, 5.41) is 12.7. The number of ether oxygens (including phenoxy) is 1. The van der Waals surface area contributed by atoms with Crippen LogP contribution in [0.15, 0.2) is 0 Å². The number of piperazine rings is 1. The zero-order chi connectivity index (χ0) is 15.5. The van der Waals surface area contributed by atoms with Crippen LogP contribution in [0.4, 0.5) is 0 Å². The lowest BCUT2D eigenvalue weighted by Gasteiger charge is -2.34. The second-order valence-electron chi connectivity index (χ2n) is 6.41. The second kappa shape index (κ2) is 6.93. The molecule has 0 bridgehead atoms. The van der Waals surface area contributed by atoms with Crippen molar-refractivity contribution in [2.75, 3.05) is 39.3 Å². The molecule has 0 aromatic carbocycles. The van der Waals surface area contributed by atoms with E-state index >= 15 is 0 Å². The number of aliphatic hydroxyl groups excluding tert-OH is 1. The van der Waals surface area contributed by atoms with E-state index in [2.05, 4.69) is 5.32 Å². The molecule has 2 amide bonds. The summed E-state index contributed by atoms with van der Waals surface area (Å²) in [5.74, 6) is -0.0591. The van der Waals surface area contributed by atoms with E-state index in [-0.39, 0.29) is 24.3 Å². The van der Waals surface area contributed by atoms with Gasteiger partial charge in [0.05, 0.1) is 24.7 Å². The molecule has 0 spiro atoms. The molecule has 3 aliphatic rings. The minimum atomic E-state index is -0.444. The molecule has 0 aromatic heterocycles. The fraction of sp³-hybridized carbons (Fsp3) is 0.867. The number of carbonyl (C=O) groups excluding carboxylic acids is 2. The summed E-state index contributed by atoms with van der Waals surface area (Å²) in [6.45, 7) is 3.77. The summed E-state index contributed by atoms with van der Waals surface area (Å²) < 4.78 is 5.60. The van der Waals surface area contributed by atoms with Crippen LogP contribution in [-0.4, -0.2) is 84.3 Å². The van der Waals surface area contributed by atoms with E-state index in [4.69, 9.17) is 4.74 Å². The van der Waals surface area contributed by atoms with E-state index in [1.807, 2.05) is 4.90 Å². The Bertz CT molecular complexity index is 425. The van der Waals surface area contributed by atoms with Crippen molar-refractivity contribution in [3.8, 4) is 0 Å². The molecule has 7 nitrogen and oxygen atoms in total. The Morgan fingerprint density at radius 3 is 2.91 bits per heavy atom. The zero-order valence-corrected chi connectivity index (χ0v) is 12.9. The van der Waals surface area contributed by atoms with Gasteiger partial charge in [-0.25, -0.2) is 0 Å². The summed E-state index contributed by atoms with van der Waals surface area (Å²) in [5.41, 5.74) is 0. The predicted molar refractivity (Wildman–Crippen MR) is 79.2 cm³/mol. The fourth-order valence-electron chi connectivity index (χ4n) is 3.44. The number of carbonyl (C=O) groups is 2. The van der Waals surface area contributed by atoms with Crippen molar-refractivity contribution in [3.63, 3.8) is 0 Å². The number of nitrogens with one attached hydrogen (secondary N) is 1. The maximum absolute atomic E-state index is 12.5. The van der Waals surface area contributed by atoms with Crippen LogP contribution in [0, 0.1) is 0 Å². The van der Waals surface area contributed by atoms with E-state index in [1.165, 1.54) is 0 Å². The summed E-state index contributed by atoms with van der Waals surface area (Å²) in [6.07, 6.45) is 2.59. The number of nitrogens with zero attached hydrogens (tertiary/aromatic N) is 2. The van der Waals surface area contributed by atoms with Crippen LogP contribution >= 0.6 is 0 Å². The molecule has 3 unspecified atom stereocenters. The number of amides is 2. The third-order valence-electron chi connectivity index (χ3n) is 4.73. The van der Waals surface area contributed by atoms with Gasteiger partial charge >= 0.3 is 0 Å². The molecule has 2 N–H and O–H groups in total. The highest BCUT2D eigenvalue weighted by molar-refractivity contribution is 5.89. The first-order valence-electron chi connectivity index (χ1n) is 8.23. The van der Waals surface area contributed by atoms with E-state index in [9.17, 15) is 14.7 Å². The van der Waals surface area contributed by atoms with Gasteiger partial charge in [-0.2, -0.15) is 0 Å². The van der Waals surface area contributed by atoms with Crippen molar-refractivity contribution >= 4 is 11.8 Å². The molecule has 0 aliphatic carbocycles. The molecular formula is C15H25N3O4. The number of β-amino-alcohol motifs (C(OH)–C–C–N with tert-alkyl or cyclic N) is 1. The highest BCUT2D eigenvalue weighted by Gasteiger charge is 2.34. The smallest absolute Gasteiger partial charge is 0.240 e. The lowest BCUT2D eigenvalue weighted by molar-refractivity contribution is -0.141. The lowest BCUT2D eigenvalue weighted by atomic mass is 10.1. The average molecular weight is 311 g/mol. The fourth-order valence-corrected chi connectivity index (χ4v) is 3.44. The van der Waals surface area contributed by atoms with Gasteiger partial charge in [-0.3, -0.25) is 9.59 Å². The van der Waals surface area contributed by atoms with Crippen LogP contribution in [0.3, 0.4) is 0 Å². The molecule has 3 heterocycles. The molecule has 22 heavy (non-hydrogen) atoms. The van der Waals surface area contributed by atoms with Gasteiger partial charge < -0.3 is 25.0 Å². The quantitative estimate of drug-likeness (QED) is 0.692. The third kappa shape index (κ3) is 3.59. The Labute approximate surface area is 130 Å². The average Bonchev–Trinajstić information content (AvgIpc) is 3.15. The van der Waals surface area contributed by atoms with Gasteiger partial charge in [-0.15, -0.1) is 0 Å². The largest absolute Gasteiger partial charge is 0.391 e. The monoisotopic (exact) mass is 311 g/mol. The van der Waals surface area contributed by atoms with Crippen LogP contribution in [0.2, 0.25) is 0 Å². The van der Waals surface area contributed by atoms with E-state index in [0.717, 1.165) is 19.4 Å². The minimum Gasteiger partial charge on any atom is -0.391 e. The van der Waals surface area contributed by atoms with E-state index in [0.29, 0.717) is 39.1 Å². The molecule has 0 radical (unpaired) electrons. The number of hydrogen-bond donors (Lipinski definition) is 2. The van der Waals surface area contributed by atoms with Crippen molar-refractivity contribution in [2.45, 2.75) is 43.9 Å². The van der Waals surface area contributed by atoms with Crippen LogP contribution in [-0.2, 0) is 14.3 Å². The van der Waals surface area contributed by atoms with Crippen molar-refractivity contribution in [1.82, 2.24) is 15.1 Å². The molecule has 0 saturated carbocycles. The standard InChI is InChI=1S/C15H25N3O4/c19-11-3-5-17(9-11)14(20)8-13-15(21)18(6-4-16-13)10-12-2-1-7-22-12/h11-13,16,19H,1-10H2. The molecule has 0 aromatic rings. The topological polar surface area (TPSA) is 82.1 Å². The zero-order valence-electron chi connectivity index (χ0n) is 12.9. The Morgan fingerprint density at radius 1 is 1.36 bits per heavy atom. The summed E-state index contributed by atoms with van der Waals surface area (Å²) in [4.78, 5) is 28.2. The van der Waals surface area contributed by atoms with Crippen molar-refractivity contribution in [3.05, 3.63) is 0 Å². The van der Waals surface area contributed by atoms with Crippen LogP contribution in [0.25, 0.3) is 0 Å². The van der Waals surface area contributed by atoms with Gasteiger partial charge in [-0.05, 0) is 19.3 Å². The molecule has 3 aliphatic heterocycles. The maximum atomic E-state index is 12.5. The molecule has 3 saturated heterocycles. The second-order valence-corrected chi connectivity index (χ2v) is 6.41. The van der Waals surface area contributed by atoms with Crippen LogP contribution < -0.4 is 5.32 Å². The van der Waals surface area contributed by atoms with E-state index in [1.54, 1.807) is 4.90 Å². The Balaban J connectivity index is 1.52. The molecule has 3 atom stereocenters. The first-order valence-corrected chi connectivity index (χ1v) is 8.23. The molecule has 3 fully saturated rings. The first-order chi connectivity index (χ1) is 10.6. The Kier molecular flexibility index (Phi) is 4.95. The van der Waals surface area contributed by atoms with Crippen molar-refractivity contribution < 1.29 is 19.4 Å². The van der Waals surface area contributed by atoms with Crippen LogP contribution in [0.1, 0.15) is 25.7 Å². The molecular weight excluding hydrogens is 286 g/mol. The summed E-state index contributed by atoms with van der Waals surface area (Å²) in [6, 6.07) is -0.444. The van der Waals surface area contributed by atoms with Gasteiger partial charge in [0, 0.05) is 39.3 Å². The molecule has 7 heteroatoms. The SMILES string of the molecule is O=C(CC1NCCN(CC2CCCO2)C1=O)N1CCC(O)C1. The van der Waals surface area contributed by atoms with Crippen molar-refractivity contribution in [1.29, 1.82) is 0 Å². The maximum Gasteiger partial charge on any atom is 0.240 e. The Hall–Kier alpha value is -1.18. The molecule has 124 valence electrons. The summed E-state index contributed by atoms with van der Waals surface area (Å²) in [7, 11) is 0. The van der Waals surface area contributed by atoms with Gasteiger partial charge in [0.15, 0.2) is 0 Å². The van der Waals surface area contributed by atoms with Crippen molar-refractivity contribution in [2.24, 2.45) is 0 Å². The first kappa shape index (κ1) is 15.7. The van der Waals surface area contributed by atoms with Crippen LogP contribution in [0.5, 0.6) is 0 Å². The Morgan fingerprint density at radius 2 is 2.23 bits per heavy atom. The highest BCUT2D eigenvalue weighted by Crippen LogP contribution is 2.17. The molecule has 3 rings (SSSR count). The van der Waals surface area contributed by atoms with E-state index < -0.39 is 12.1 Å². The predicted octanol–water partition coefficient (Wildman–Crippen LogP) is -1.05. The van der Waals surface area contributed by atoms with Gasteiger partial charge in [0.1, 0.15) is 0 Å². The number of hydrogen-bond acceptors (Lipinski definition) is 5.